The third kappa shape index (κ3) is 3.57. The number of H-pyrrole nitrogens is 1. The zero-order valence-electron chi connectivity index (χ0n) is 16.0. The van der Waals surface area contributed by atoms with Crippen LogP contribution < -0.4 is 5.32 Å². The van der Waals surface area contributed by atoms with Crippen molar-refractivity contribution in [3.8, 4) is 11.3 Å². The number of amides is 1. The van der Waals surface area contributed by atoms with E-state index in [4.69, 9.17) is 4.98 Å². The Morgan fingerprint density at radius 2 is 2.15 bits per heavy atom. The van der Waals surface area contributed by atoms with Gasteiger partial charge in [0.25, 0.3) is 5.91 Å². The van der Waals surface area contributed by atoms with Crippen molar-refractivity contribution in [2.75, 3.05) is 20.1 Å². The fourth-order valence-electron chi connectivity index (χ4n) is 3.95. The summed E-state index contributed by atoms with van der Waals surface area (Å²) in [6.07, 6.45) is 5.66. The lowest BCUT2D eigenvalue weighted by molar-refractivity contribution is 0.0914. The Labute approximate surface area is 159 Å². The van der Waals surface area contributed by atoms with Gasteiger partial charge in [-0.2, -0.15) is 5.10 Å². The fraction of sp³-hybridized carbons (Fsp3) is 0.381. The van der Waals surface area contributed by atoms with Gasteiger partial charge in [-0.05, 0) is 58.0 Å². The minimum absolute atomic E-state index is 0.0301. The van der Waals surface area contributed by atoms with Crippen molar-refractivity contribution >= 4 is 16.8 Å². The average Bonchev–Trinajstić information content (AvgIpc) is 3.15. The second kappa shape index (κ2) is 7.12. The topological polar surface area (TPSA) is 73.9 Å². The van der Waals surface area contributed by atoms with Crippen LogP contribution in [0.2, 0.25) is 0 Å². The van der Waals surface area contributed by atoms with Gasteiger partial charge in [0.15, 0.2) is 0 Å². The zero-order valence-corrected chi connectivity index (χ0v) is 16.0. The number of fused-ring (bicyclic) bond motifs is 1. The first-order chi connectivity index (χ1) is 13.0. The zero-order chi connectivity index (χ0) is 19.0. The Hall–Kier alpha value is -2.73. The maximum atomic E-state index is 13.2. The van der Waals surface area contributed by atoms with Crippen LogP contribution in [0.3, 0.4) is 0 Å². The molecule has 140 valence electrons. The van der Waals surface area contributed by atoms with E-state index in [1.54, 1.807) is 12.4 Å². The lowest BCUT2D eigenvalue weighted by Gasteiger charge is -2.30. The van der Waals surface area contributed by atoms with Crippen molar-refractivity contribution in [1.29, 1.82) is 0 Å². The second-order valence-corrected chi connectivity index (χ2v) is 7.59. The summed E-state index contributed by atoms with van der Waals surface area (Å²) in [7, 11) is 2.10. The van der Waals surface area contributed by atoms with Crippen LogP contribution in [0, 0.1) is 13.8 Å². The van der Waals surface area contributed by atoms with Crippen LogP contribution in [0.4, 0.5) is 0 Å². The molecule has 0 saturated carbocycles. The molecule has 0 aliphatic carbocycles. The van der Waals surface area contributed by atoms with E-state index < -0.39 is 0 Å². The molecule has 6 nitrogen and oxygen atoms in total. The Bertz CT molecular complexity index is 980. The number of aromatic amines is 1. The predicted octanol–water partition coefficient (Wildman–Crippen LogP) is 3.07. The molecule has 3 heterocycles. The number of piperidine rings is 1. The number of carbonyl (C=O) groups is 1. The summed E-state index contributed by atoms with van der Waals surface area (Å²) in [5.41, 5.74) is 5.38. The SMILES string of the molecule is Cc1cc(C)c2nc(-c3cn[nH]c3)cc(C(=O)NC3CCCN(C)C3)c2c1. The van der Waals surface area contributed by atoms with Crippen LogP contribution in [0.5, 0.6) is 0 Å². The summed E-state index contributed by atoms with van der Waals surface area (Å²) >= 11 is 0. The monoisotopic (exact) mass is 363 g/mol. The molecule has 1 fully saturated rings. The van der Waals surface area contributed by atoms with Crippen LogP contribution >= 0.6 is 0 Å². The third-order valence-corrected chi connectivity index (χ3v) is 5.25. The molecule has 1 aliphatic rings. The molecule has 0 bridgehead atoms. The summed E-state index contributed by atoms with van der Waals surface area (Å²) in [6, 6.07) is 6.22. The number of hydrogen-bond acceptors (Lipinski definition) is 4. The largest absolute Gasteiger partial charge is 0.348 e. The summed E-state index contributed by atoms with van der Waals surface area (Å²) in [5.74, 6) is -0.0301. The van der Waals surface area contributed by atoms with E-state index in [1.807, 2.05) is 19.9 Å². The molecule has 1 aliphatic heterocycles. The highest BCUT2D eigenvalue weighted by Gasteiger charge is 2.22. The van der Waals surface area contributed by atoms with Crippen molar-refractivity contribution in [2.24, 2.45) is 0 Å². The Morgan fingerprint density at radius 3 is 2.89 bits per heavy atom. The molecule has 0 spiro atoms. The van der Waals surface area contributed by atoms with E-state index in [0.717, 1.165) is 59.2 Å². The van der Waals surface area contributed by atoms with Crippen LogP contribution in [-0.4, -0.2) is 52.2 Å². The first-order valence-electron chi connectivity index (χ1n) is 9.42. The van der Waals surface area contributed by atoms with Gasteiger partial charge in [0, 0.05) is 29.7 Å². The summed E-state index contributed by atoms with van der Waals surface area (Å²) in [4.78, 5) is 20.3. The third-order valence-electron chi connectivity index (χ3n) is 5.25. The Morgan fingerprint density at radius 1 is 1.30 bits per heavy atom. The van der Waals surface area contributed by atoms with E-state index >= 15 is 0 Å². The predicted molar refractivity (Wildman–Crippen MR) is 107 cm³/mol. The number of aryl methyl sites for hydroxylation is 2. The van der Waals surface area contributed by atoms with Crippen LogP contribution in [0.15, 0.2) is 30.6 Å². The van der Waals surface area contributed by atoms with Gasteiger partial charge in [0.05, 0.1) is 23.0 Å². The van der Waals surface area contributed by atoms with Gasteiger partial charge in [0.1, 0.15) is 0 Å². The van der Waals surface area contributed by atoms with Crippen LogP contribution in [0.1, 0.15) is 34.3 Å². The minimum Gasteiger partial charge on any atom is -0.348 e. The Kier molecular flexibility index (Phi) is 4.66. The molecule has 1 aromatic carbocycles. The highest BCUT2D eigenvalue weighted by molar-refractivity contribution is 6.08. The van der Waals surface area contributed by atoms with Crippen LogP contribution in [-0.2, 0) is 0 Å². The number of likely N-dealkylation sites (N-methyl/N-ethyl adjacent to an activating group) is 1. The van der Waals surface area contributed by atoms with Gasteiger partial charge >= 0.3 is 0 Å². The first-order valence-corrected chi connectivity index (χ1v) is 9.42. The molecule has 1 unspecified atom stereocenters. The average molecular weight is 363 g/mol. The summed E-state index contributed by atoms with van der Waals surface area (Å²) in [6.45, 7) is 6.07. The number of rotatable bonds is 3. The van der Waals surface area contributed by atoms with Crippen molar-refractivity contribution in [1.82, 2.24) is 25.4 Å². The summed E-state index contributed by atoms with van der Waals surface area (Å²) < 4.78 is 0. The van der Waals surface area contributed by atoms with Gasteiger partial charge < -0.3 is 10.2 Å². The lowest BCUT2D eigenvalue weighted by Crippen LogP contribution is -2.46. The molecule has 1 amide bonds. The standard InChI is InChI=1S/C21H25N5O/c1-13-7-14(2)20-17(8-13)18(9-19(25-20)15-10-22-23-11-15)21(27)24-16-5-4-6-26(3)12-16/h7-11,16H,4-6,12H2,1-3H3,(H,22,23)(H,24,27). The quantitative estimate of drug-likeness (QED) is 0.750. The molecule has 0 radical (unpaired) electrons. The van der Waals surface area contributed by atoms with E-state index in [0.29, 0.717) is 5.56 Å². The molecule has 1 saturated heterocycles. The van der Waals surface area contributed by atoms with Crippen molar-refractivity contribution in [2.45, 2.75) is 32.7 Å². The number of nitrogens with one attached hydrogen (secondary N) is 2. The molecule has 2 N–H and O–H groups in total. The molecule has 3 aromatic rings. The molecule has 1 atom stereocenters. The van der Waals surface area contributed by atoms with Crippen molar-refractivity contribution in [3.63, 3.8) is 0 Å². The first kappa shape index (κ1) is 17.7. The maximum absolute atomic E-state index is 13.2. The smallest absolute Gasteiger partial charge is 0.252 e. The fourth-order valence-corrected chi connectivity index (χ4v) is 3.95. The van der Waals surface area contributed by atoms with Crippen molar-refractivity contribution < 1.29 is 4.79 Å². The number of pyridine rings is 1. The van der Waals surface area contributed by atoms with Gasteiger partial charge in [-0.15, -0.1) is 0 Å². The number of carbonyl (C=O) groups excluding carboxylic acids is 1. The number of nitrogens with zero attached hydrogens (tertiary/aromatic N) is 3. The van der Waals surface area contributed by atoms with E-state index in [-0.39, 0.29) is 11.9 Å². The number of likely N-dealkylation sites (tertiary alicyclic amines) is 1. The van der Waals surface area contributed by atoms with Gasteiger partial charge in [-0.3, -0.25) is 9.89 Å². The second-order valence-electron chi connectivity index (χ2n) is 7.59. The maximum Gasteiger partial charge on any atom is 0.252 e. The number of aromatic nitrogens is 3. The van der Waals surface area contributed by atoms with Gasteiger partial charge in [0.2, 0.25) is 0 Å². The van der Waals surface area contributed by atoms with Crippen LogP contribution in [0.25, 0.3) is 22.2 Å². The molecule has 2 aromatic heterocycles. The Balaban J connectivity index is 1.78. The summed E-state index contributed by atoms with van der Waals surface area (Å²) in [5, 5.41) is 11.0. The molecular formula is C21H25N5O. The molecular weight excluding hydrogens is 338 g/mol. The highest BCUT2D eigenvalue weighted by atomic mass is 16.1. The lowest BCUT2D eigenvalue weighted by atomic mass is 9.99. The molecule has 27 heavy (non-hydrogen) atoms. The van der Waals surface area contributed by atoms with Gasteiger partial charge in [-0.25, -0.2) is 4.98 Å². The van der Waals surface area contributed by atoms with Gasteiger partial charge in [-0.1, -0.05) is 11.6 Å². The van der Waals surface area contributed by atoms with Crippen molar-refractivity contribution in [3.05, 3.63) is 47.3 Å². The van der Waals surface area contributed by atoms with E-state index in [9.17, 15) is 4.79 Å². The number of hydrogen-bond donors (Lipinski definition) is 2. The van der Waals surface area contributed by atoms with E-state index in [2.05, 4.69) is 39.6 Å². The van der Waals surface area contributed by atoms with E-state index in [1.165, 1.54) is 0 Å². The number of benzene rings is 1. The highest BCUT2D eigenvalue weighted by Crippen LogP contribution is 2.27. The minimum atomic E-state index is -0.0301. The molecule has 4 rings (SSSR count). The normalized spacial score (nSPS) is 18.0. The molecule has 6 heteroatoms.